The monoisotopic (exact) mass is 287 g/mol. The SMILES string of the molecule is CC(C)(C)c1ccc(CC(N)c2ccc(Cl)cc2)cc1. The lowest BCUT2D eigenvalue weighted by Crippen LogP contribution is -2.14. The van der Waals surface area contributed by atoms with E-state index in [1.54, 1.807) is 0 Å². The van der Waals surface area contributed by atoms with Crippen molar-refractivity contribution in [3.63, 3.8) is 0 Å². The summed E-state index contributed by atoms with van der Waals surface area (Å²) in [6.45, 7) is 6.67. The quantitative estimate of drug-likeness (QED) is 0.855. The molecule has 0 spiro atoms. The Morgan fingerprint density at radius 3 is 2.00 bits per heavy atom. The topological polar surface area (TPSA) is 26.0 Å². The van der Waals surface area contributed by atoms with Crippen LogP contribution >= 0.6 is 11.6 Å². The fraction of sp³-hybridized carbons (Fsp3) is 0.333. The third-order valence-electron chi connectivity index (χ3n) is 3.57. The second-order valence-electron chi connectivity index (χ2n) is 6.31. The summed E-state index contributed by atoms with van der Waals surface area (Å²) in [5.41, 5.74) is 10.2. The smallest absolute Gasteiger partial charge is 0.0406 e. The van der Waals surface area contributed by atoms with Gasteiger partial charge in [0.1, 0.15) is 0 Å². The van der Waals surface area contributed by atoms with Crippen molar-refractivity contribution in [3.05, 3.63) is 70.2 Å². The molecule has 1 unspecified atom stereocenters. The first kappa shape index (κ1) is 15.1. The van der Waals surface area contributed by atoms with Gasteiger partial charge in [0.25, 0.3) is 0 Å². The molecule has 106 valence electrons. The summed E-state index contributed by atoms with van der Waals surface area (Å²) < 4.78 is 0. The summed E-state index contributed by atoms with van der Waals surface area (Å²) in [6, 6.07) is 16.5. The van der Waals surface area contributed by atoms with Crippen molar-refractivity contribution in [2.24, 2.45) is 5.73 Å². The van der Waals surface area contributed by atoms with Crippen molar-refractivity contribution in [2.75, 3.05) is 0 Å². The molecule has 2 N–H and O–H groups in total. The van der Waals surface area contributed by atoms with Crippen molar-refractivity contribution in [1.29, 1.82) is 0 Å². The summed E-state index contributed by atoms with van der Waals surface area (Å²) >= 11 is 5.90. The highest BCUT2D eigenvalue weighted by Gasteiger charge is 2.13. The summed E-state index contributed by atoms with van der Waals surface area (Å²) in [6.07, 6.45) is 0.839. The zero-order chi connectivity index (χ0) is 14.8. The van der Waals surface area contributed by atoms with E-state index in [4.69, 9.17) is 17.3 Å². The van der Waals surface area contributed by atoms with Gasteiger partial charge >= 0.3 is 0 Å². The molecule has 2 heteroatoms. The van der Waals surface area contributed by atoms with Gasteiger partial charge in [0.2, 0.25) is 0 Å². The molecule has 0 aromatic heterocycles. The maximum absolute atomic E-state index is 6.26. The van der Waals surface area contributed by atoms with Gasteiger partial charge in [-0.15, -0.1) is 0 Å². The van der Waals surface area contributed by atoms with E-state index in [1.165, 1.54) is 11.1 Å². The van der Waals surface area contributed by atoms with Gasteiger partial charge in [-0.25, -0.2) is 0 Å². The van der Waals surface area contributed by atoms with E-state index in [2.05, 4.69) is 45.0 Å². The Morgan fingerprint density at radius 2 is 1.50 bits per heavy atom. The maximum atomic E-state index is 6.26. The number of nitrogens with two attached hydrogens (primary N) is 1. The van der Waals surface area contributed by atoms with Crippen molar-refractivity contribution >= 4 is 11.6 Å². The normalized spacial score (nSPS) is 13.2. The minimum atomic E-state index is 0.00718. The minimum Gasteiger partial charge on any atom is -0.324 e. The lowest BCUT2D eigenvalue weighted by Gasteiger charge is -2.19. The second-order valence-corrected chi connectivity index (χ2v) is 6.75. The van der Waals surface area contributed by atoms with Gasteiger partial charge < -0.3 is 5.73 Å². The predicted octanol–water partition coefficient (Wildman–Crippen LogP) is 4.88. The van der Waals surface area contributed by atoms with E-state index in [0.717, 1.165) is 17.0 Å². The lowest BCUT2D eigenvalue weighted by molar-refractivity contribution is 0.589. The number of halogens is 1. The largest absolute Gasteiger partial charge is 0.324 e. The fourth-order valence-electron chi connectivity index (χ4n) is 2.22. The average Bonchev–Trinajstić information content (AvgIpc) is 2.39. The van der Waals surface area contributed by atoms with E-state index in [0.29, 0.717) is 0 Å². The highest BCUT2D eigenvalue weighted by molar-refractivity contribution is 6.30. The molecule has 0 radical (unpaired) electrons. The molecule has 0 amide bonds. The number of rotatable bonds is 3. The molecule has 1 atom stereocenters. The molecule has 0 fully saturated rings. The Morgan fingerprint density at radius 1 is 0.950 bits per heavy atom. The van der Waals surface area contributed by atoms with Crippen molar-refractivity contribution < 1.29 is 0 Å². The van der Waals surface area contributed by atoms with Gasteiger partial charge in [-0.05, 0) is 40.7 Å². The van der Waals surface area contributed by atoms with Gasteiger partial charge in [-0.1, -0.05) is 68.8 Å². The van der Waals surface area contributed by atoms with Crippen molar-refractivity contribution in [3.8, 4) is 0 Å². The number of hydrogen-bond donors (Lipinski definition) is 1. The molecule has 0 aliphatic rings. The van der Waals surface area contributed by atoms with Gasteiger partial charge in [0, 0.05) is 11.1 Å². The summed E-state index contributed by atoms with van der Waals surface area (Å²) in [7, 11) is 0. The standard InChI is InChI=1S/C18H22ClN/c1-18(2,3)15-8-4-13(5-9-15)12-17(20)14-6-10-16(19)11-7-14/h4-11,17H,12,20H2,1-3H3. The van der Waals surface area contributed by atoms with E-state index in [-0.39, 0.29) is 11.5 Å². The molecule has 2 rings (SSSR count). The highest BCUT2D eigenvalue weighted by atomic mass is 35.5. The van der Waals surface area contributed by atoms with Crippen LogP contribution in [-0.4, -0.2) is 0 Å². The summed E-state index contributed by atoms with van der Waals surface area (Å²) in [5.74, 6) is 0. The molecule has 0 heterocycles. The first-order chi connectivity index (χ1) is 9.36. The van der Waals surface area contributed by atoms with Gasteiger partial charge in [-0.2, -0.15) is 0 Å². The van der Waals surface area contributed by atoms with Crippen LogP contribution in [0.25, 0.3) is 0 Å². The number of hydrogen-bond acceptors (Lipinski definition) is 1. The van der Waals surface area contributed by atoms with E-state index in [9.17, 15) is 0 Å². The summed E-state index contributed by atoms with van der Waals surface area (Å²) in [5, 5.41) is 0.746. The van der Waals surface area contributed by atoms with E-state index >= 15 is 0 Å². The van der Waals surface area contributed by atoms with E-state index in [1.807, 2.05) is 24.3 Å². The molecular weight excluding hydrogens is 266 g/mol. The third-order valence-corrected chi connectivity index (χ3v) is 3.83. The first-order valence-corrected chi connectivity index (χ1v) is 7.34. The van der Waals surface area contributed by atoms with Crippen LogP contribution < -0.4 is 5.73 Å². The Kier molecular flexibility index (Phi) is 4.52. The van der Waals surface area contributed by atoms with Crippen LogP contribution in [0.5, 0.6) is 0 Å². The van der Waals surface area contributed by atoms with Gasteiger partial charge in [0.15, 0.2) is 0 Å². The maximum Gasteiger partial charge on any atom is 0.0406 e. The Hall–Kier alpha value is -1.31. The predicted molar refractivity (Wildman–Crippen MR) is 87.2 cm³/mol. The minimum absolute atomic E-state index is 0.00718. The molecule has 0 saturated carbocycles. The van der Waals surface area contributed by atoms with Crippen LogP contribution in [-0.2, 0) is 11.8 Å². The fourth-order valence-corrected chi connectivity index (χ4v) is 2.35. The molecule has 1 nitrogen and oxygen atoms in total. The first-order valence-electron chi connectivity index (χ1n) is 6.97. The molecule has 0 aliphatic heterocycles. The lowest BCUT2D eigenvalue weighted by atomic mass is 9.86. The van der Waals surface area contributed by atoms with Crippen LogP contribution in [0.15, 0.2) is 48.5 Å². The van der Waals surface area contributed by atoms with Crippen LogP contribution in [0.2, 0.25) is 5.02 Å². The Bertz CT molecular complexity index is 549. The van der Waals surface area contributed by atoms with Crippen LogP contribution in [0, 0.1) is 0 Å². The molecule has 0 aliphatic carbocycles. The van der Waals surface area contributed by atoms with Gasteiger partial charge in [0.05, 0.1) is 0 Å². The summed E-state index contributed by atoms with van der Waals surface area (Å²) in [4.78, 5) is 0. The molecule has 2 aromatic rings. The molecule has 2 aromatic carbocycles. The second kappa shape index (κ2) is 5.99. The van der Waals surface area contributed by atoms with E-state index < -0.39 is 0 Å². The van der Waals surface area contributed by atoms with Gasteiger partial charge in [-0.3, -0.25) is 0 Å². The van der Waals surface area contributed by atoms with Crippen LogP contribution in [0.1, 0.15) is 43.5 Å². The van der Waals surface area contributed by atoms with Crippen LogP contribution in [0.3, 0.4) is 0 Å². The van der Waals surface area contributed by atoms with Crippen molar-refractivity contribution in [2.45, 2.75) is 38.6 Å². The molecule has 20 heavy (non-hydrogen) atoms. The molecule has 0 bridgehead atoms. The Labute approximate surface area is 126 Å². The zero-order valence-electron chi connectivity index (χ0n) is 12.4. The number of benzene rings is 2. The highest BCUT2D eigenvalue weighted by Crippen LogP contribution is 2.24. The van der Waals surface area contributed by atoms with Crippen LogP contribution in [0.4, 0.5) is 0 Å². The Balaban J connectivity index is 2.08. The molecule has 0 saturated heterocycles. The van der Waals surface area contributed by atoms with Crippen molar-refractivity contribution in [1.82, 2.24) is 0 Å². The third kappa shape index (κ3) is 3.84. The zero-order valence-corrected chi connectivity index (χ0v) is 13.1. The molecular formula is C18H22ClN. The average molecular weight is 288 g/mol.